The Bertz CT molecular complexity index is 914. The Morgan fingerprint density at radius 1 is 1.07 bits per heavy atom. The molecule has 3 rings (SSSR count). The molecule has 1 amide bonds. The summed E-state index contributed by atoms with van der Waals surface area (Å²) in [5.74, 6) is 0.148. The van der Waals surface area contributed by atoms with Crippen LogP contribution in [0.1, 0.15) is 24.5 Å². The second-order valence-corrected chi connectivity index (χ2v) is 7.66. The molecule has 0 aliphatic carbocycles. The van der Waals surface area contributed by atoms with Crippen LogP contribution in [0.3, 0.4) is 0 Å². The molecule has 0 aliphatic rings. The summed E-state index contributed by atoms with van der Waals surface area (Å²) in [6.07, 6.45) is 3.92. The van der Waals surface area contributed by atoms with Crippen molar-refractivity contribution < 1.29 is 4.79 Å². The number of aromatic amines is 1. The summed E-state index contributed by atoms with van der Waals surface area (Å²) in [6, 6.07) is 16.7. The highest BCUT2D eigenvalue weighted by atomic mass is 16.2. The minimum absolute atomic E-state index is 0.148. The highest BCUT2D eigenvalue weighted by Crippen LogP contribution is 2.19. The molecule has 0 saturated carbocycles. The number of hydrogen-bond acceptors (Lipinski definition) is 3. The van der Waals surface area contributed by atoms with Gasteiger partial charge in [0.2, 0.25) is 5.91 Å². The van der Waals surface area contributed by atoms with E-state index in [9.17, 15) is 4.79 Å². The third-order valence-corrected chi connectivity index (χ3v) is 5.21. The fraction of sp³-hybridized carbons (Fsp3) is 0.375. The van der Waals surface area contributed by atoms with E-state index in [0.29, 0.717) is 19.6 Å². The van der Waals surface area contributed by atoms with Crippen LogP contribution in [0, 0.1) is 0 Å². The number of rotatable bonds is 10. The lowest BCUT2D eigenvalue weighted by molar-refractivity contribution is -0.130. The molecule has 3 aromatic rings. The first-order valence-corrected chi connectivity index (χ1v) is 10.4. The van der Waals surface area contributed by atoms with Gasteiger partial charge in [-0.2, -0.15) is 0 Å². The van der Waals surface area contributed by atoms with Gasteiger partial charge < -0.3 is 20.1 Å². The molecule has 29 heavy (non-hydrogen) atoms. The van der Waals surface area contributed by atoms with E-state index in [-0.39, 0.29) is 5.91 Å². The van der Waals surface area contributed by atoms with Crippen molar-refractivity contribution >= 4 is 22.5 Å². The summed E-state index contributed by atoms with van der Waals surface area (Å²) >= 11 is 0. The second kappa shape index (κ2) is 10.1. The summed E-state index contributed by atoms with van der Waals surface area (Å²) in [6.45, 7) is 4.68. The van der Waals surface area contributed by atoms with Crippen molar-refractivity contribution in [3.8, 4) is 0 Å². The molecular formula is C24H32N4O. The number of carbonyl (C=O) groups is 1. The molecule has 0 aliphatic heterocycles. The molecule has 0 spiro atoms. The Hall–Kier alpha value is -2.79. The minimum atomic E-state index is 0.148. The van der Waals surface area contributed by atoms with Crippen LogP contribution in [0.2, 0.25) is 0 Å². The average molecular weight is 393 g/mol. The fourth-order valence-corrected chi connectivity index (χ4v) is 3.49. The number of para-hydroxylation sites is 1. The second-order valence-electron chi connectivity index (χ2n) is 7.66. The van der Waals surface area contributed by atoms with Crippen molar-refractivity contribution in [1.82, 2.24) is 15.2 Å². The van der Waals surface area contributed by atoms with Gasteiger partial charge in [-0.1, -0.05) is 37.3 Å². The Labute approximate surface area is 173 Å². The molecule has 0 fully saturated rings. The van der Waals surface area contributed by atoms with E-state index in [2.05, 4.69) is 70.8 Å². The SMILES string of the molecule is CCCNCC(=O)N(CCc1c[nH]c2ccccc12)Cc1ccc(N(C)C)cc1. The maximum absolute atomic E-state index is 12.9. The van der Waals surface area contributed by atoms with E-state index in [1.165, 1.54) is 10.9 Å². The van der Waals surface area contributed by atoms with E-state index in [1.807, 2.05) is 25.1 Å². The maximum atomic E-state index is 12.9. The van der Waals surface area contributed by atoms with E-state index in [0.717, 1.165) is 36.2 Å². The van der Waals surface area contributed by atoms with Crippen LogP contribution in [0.4, 0.5) is 5.69 Å². The van der Waals surface area contributed by atoms with Crippen molar-refractivity contribution in [3.63, 3.8) is 0 Å². The summed E-state index contributed by atoms with van der Waals surface area (Å²) in [5.41, 5.74) is 4.71. The average Bonchev–Trinajstić information content (AvgIpc) is 3.14. The van der Waals surface area contributed by atoms with Crippen LogP contribution in [0.15, 0.2) is 54.7 Å². The molecule has 1 heterocycles. The zero-order valence-corrected chi connectivity index (χ0v) is 17.7. The van der Waals surface area contributed by atoms with E-state index in [1.54, 1.807) is 0 Å². The lowest BCUT2D eigenvalue weighted by Gasteiger charge is -2.24. The number of benzene rings is 2. The lowest BCUT2D eigenvalue weighted by atomic mass is 10.1. The molecular weight excluding hydrogens is 360 g/mol. The van der Waals surface area contributed by atoms with E-state index in [4.69, 9.17) is 0 Å². The number of nitrogens with one attached hydrogen (secondary N) is 2. The third-order valence-electron chi connectivity index (χ3n) is 5.21. The quantitative estimate of drug-likeness (QED) is 0.516. The molecule has 5 nitrogen and oxygen atoms in total. The molecule has 0 bridgehead atoms. The van der Waals surface area contributed by atoms with Crippen molar-refractivity contribution in [2.75, 3.05) is 38.6 Å². The Kier molecular flexibility index (Phi) is 7.30. The van der Waals surface area contributed by atoms with Gasteiger partial charge in [-0.25, -0.2) is 0 Å². The molecule has 0 unspecified atom stereocenters. The monoisotopic (exact) mass is 392 g/mol. The number of fused-ring (bicyclic) bond motifs is 1. The third kappa shape index (κ3) is 5.61. The van der Waals surface area contributed by atoms with Gasteiger partial charge in [0.25, 0.3) is 0 Å². The molecule has 0 radical (unpaired) electrons. The predicted molar refractivity (Wildman–Crippen MR) is 121 cm³/mol. The van der Waals surface area contributed by atoms with Crippen LogP contribution >= 0.6 is 0 Å². The Balaban J connectivity index is 1.70. The van der Waals surface area contributed by atoms with Crippen LogP contribution in [-0.4, -0.2) is 49.5 Å². The smallest absolute Gasteiger partial charge is 0.236 e. The number of carbonyl (C=O) groups excluding carboxylic acids is 1. The minimum Gasteiger partial charge on any atom is -0.378 e. The van der Waals surface area contributed by atoms with Crippen molar-refractivity contribution in [2.45, 2.75) is 26.3 Å². The normalized spacial score (nSPS) is 11.0. The van der Waals surface area contributed by atoms with Crippen LogP contribution < -0.4 is 10.2 Å². The lowest BCUT2D eigenvalue weighted by Crippen LogP contribution is -2.39. The number of amides is 1. The molecule has 2 aromatic carbocycles. The first-order chi connectivity index (χ1) is 14.1. The Morgan fingerprint density at radius 2 is 1.83 bits per heavy atom. The van der Waals surface area contributed by atoms with Gasteiger partial charge in [0, 0.05) is 50.0 Å². The first kappa shape index (κ1) is 20.9. The van der Waals surface area contributed by atoms with Gasteiger partial charge in [-0.3, -0.25) is 4.79 Å². The predicted octanol–water partition coefficient (Wildman–Crippen LogP) is 3.80. The molecule has 5 heteroatoms. The van der Waals surface area contributed by atoms with Crippen LogP contribution in [0.25, 0.3) is 10.9 Å². The molecule has 0 saturated heterocycles. The van der Waals surface area contributed by atoms with Crippen LogP contribution in [0.5, 0.6) is 0 Å². The van der Waals surface area contributed by atoms with Gasteiger partial charge in [0.05, 0.1) is 6.54 Å². The number of H-pyrrole nitrogens is 1. The molecule has 2 N–H and O–H groups in total. The topological polar surface area (TPSA) is 51.4 Å². The van der Waals surface area contributed by atoms with Gasteiger partial charge in [0.15, 0.2) is 0 Å². The van der Waals surface area contributed by atoms with Gasteiger partial charge >= 0.3 is 0 Å². The summed E-state index contributed by atoms with van der Waals surface area (Å²) in [4.78, 5) is 20.2. The van der Waals surface area contributed by atoms with Crippen molar-refractivity contribution in [2.24, 2.45) is 0 Å². The van der Waals surface area contributed by atoms with Gasteiger partial charge in [0.1, 0.15) is 0 Å². The van der Waals surface area contributed by atoms with Crippen molar-refractivity contribution in [3.05, 3.63) is 65.9 Å². The summed E-state index contributed by atoms with van der Waals surface area (Å²) in [5, 5.41) is 4.48. The number of nitrogens with zero attached hydrogens (tertiary/aromatic N) is 2. The number of aromatic nitrogens is 1. The molecule has 154 valence electrons. The highest BCUT2D eigenvalue weighted by Gasteiger charge is 2.15. The molecule has 1 aromatic heterocycles. The number of anilines is 1. The number of hydrogen-bond donors (Lipinski definition) is 2. The molecule has 0 atom stereocenters. The zero-order valence-electron chi connectivity index (χ0n) is 17.7. The van der Waals surface area contributed by atoms with Crippen LogP contribution in [-0.2, 0) is 17.8 Å². The first-order valence-electron chi connectivity index (χ1n) is 10.4. The standard InChI is InChI=1S/C24H32N4O/c1-4-14-25-17-24(29)28(18-19-9-11-21(12-10-19)27(2)3)15-13-20-16-26-23-8-6-5-7-22(20)23/h5-12,16,25-26H,4,13-15,17-18H2,1-3H3. The van der Waals surface area contributed by atoms with Gasteiger partial charge in [-0.15, -0.1) is 0 Å². The highest BCUT2D eigenvalue weighted by molar-refractivity contribution is 5.83. The maximum Gasteiger partial charge on any atom is 0.236 e. The Morgan fingerprint density at radius 3 is 2.55 bits per heavy atom. The largest absolute Gasteiger partial charge is 0.378 e. The van der Waals surface area contributed by atoms with Crippen molar-refractivity contribution in [1.29, 1.82) is 0 Å². The van der Waals surface area contributed by atoms with E-state index >= 15 is 0 Å². The van der Waals surface area contributed by atoms with E-state index < -0.39 is 0 Å². The zero-order chi connectivity index (χ0) is 20.6. The van der Waals surface area contributed by atoms with Gasteiger partial charge in [-0.05, 0) is 48.7 Å². The fourth-order valence-electron chi connectivity index (χ4n) is 3.49. The summed E-state index contributed by atoms with van der Waals surface area (Å²) in [7, 11) is 4.07. The summed E-state index contributed by atoms with van der Waals surface area (Å²) < 4.78 is 0.